The smallest absolute Gasteiger partial charge is 0.204 e. The number of hydrogen-bond acceptors (Lipinski definition) is 12. The van der Waals surface area contributed by atoms with Crippen molar-refractivity contribution in [3.63, 3.8) is 0 Å². The van der Waals surface area contributed by atoms with E-state index >= 15 is 0 Å². The zero-order chi connectivity index (χ0) is 51.7. The number of ketones is 2. The molecule has 2 saturated carbocycles. The molecule has 0 saturated heterocycles. The number of benzene rings is 6. The lowest BCUT2D eigenvalue weighted by Gasteiger charge is -2.29. The van der Waals surface area contributed by atoms with Crippen LogP contribution < -0.4 is 18.9 Å². The average Bonchev–Trinajstić information content (AvgIpc) is 4.33. The van der Waals surface area contributed by atoms with E-state index in [1.165, 1.54) is 25.7 Å². The Bertz CT molecular complexity index is 3360. The minimum Gasteiger partial charge on any atom is -0.487 e. The second kappa shape index (κ2) is 21.2. The molecule has 6 aromatic carbocycles. The maximum atomic E-state index is 13.4. The number of hydrogen-bond donors (Lipinski definition) is 2. The van der Waals surface area contributed by atoms with Crippen molar-refractivity contribution in [1.29, 1.82) is 0 Å². The molecule has 0 radical (unpaired) electrons. The van der Waals surface area contributed by atoms with Gasteiger partial charge in [0.25, 0.3) is 0 Å². The molecule has 382 valence electrons. The predicted molar refractivity (Wildman–Crippen MR) is 285 cm³/mol. The van der Waals surface area contributed by atoms with Crippen molar-refractivity contribution in [2.45, 2.75) is 91.3 Å². The Kier molecular flexibility index (Phi) is 14.2. The number of rotatable bonds is 14. The molecule has 2 unspecified atom stereocenters. The summed E-state index contributed by atoms with van der Waals surface area (Å²) >= 11 is 19.8. The van der Waals surface area contributed by atoms with Crippen LogP contribution in [0.3, 0.4) is 0 Å². The minimum atomic E-state index is -0.417. The van der Waals surface area contributed by atoms with E-state index in [1.807, 2.05) is 109 Å². The van der Waals surface area contributed by atoms with Gasteiger partial charge in [-0.05, 0) is 174 Å². The van der Waals surface area contributed by atoms with Crippen LogP contribution in [0.1, 0.15) is 108 Å². The number of ether oxygens (including phenoxy) is 4. The third-order valence-corrected chi connectivity index (χ3v) is 16.7. The first-order valence-corrected chi connectivity index (χ1v) is 26.4. The van der Waals surface area contributed by atoms with Gasteiger partial charge in [-0.25, -0.2) is 0 Å². The average molecular weight is 1060 g/mol. The van der Waals surface area contributed by atoms with Crippen LogP contribution in [0.2, 0.25) is 15.1 Å². The van der Waals surface area contributed by atoms with Crippen LogP contribution in [0.25, 0.3) is 22.8 Å². The fourth-order valence-corrected chi connectivity index (χ4v) is 12.2. The van der Waals surface area contributed by atoms with Crippen molar-refractivity contribution in [3.05, 3.63) is 164 Å². The van der Waals surface area contributed by atoms with Crippen LogP contribution in [0.15, 0.2) is 115 Å². The lowest BCUT2D eigenvalue weighted by Crippen LogP contribution is -2.32. The van der Waals surface area contributed by atoms with Crippen molar-refractivity contribution in [3.8, 4) is 57.3 Å². The van der Waals surface area contributed by atoms with Crippen molar-refractivity contribution in [2.75, 3.05) is 0 Å². The monoisotopic (exact) mass is 1060 g/mol. The molecule has 17 heteroatoms. The number of nitrogens with zero attached hydrogens (tertiary/aromatic N) is 6. The Balaban J connectivity index is 0.000000161. The molecule has 0 spiro atoms. The number of aromatic nitrogens is 8. The molecule has 75 heavy (non-hydrogen) atoms. The Morgan fingerprint density at radius 3 is 1.53 bits per heavy atom. The molecule has 12 rings (SSSR count). The maximum absolute atomic E-state index is 13.4. The lowest BCUT2D eigenvalue weighted by molar-refractivity contribution is 0.0738. The Hall–Kier alpha value is -7.13. The van der Waals surface area contributed by atoms with Crippen molar-refractivity contribution in [1.82, 2.24) is 41.2 Å². The van der Waals surface area contributed by atoms with Gasteiger partial charge in [-0.1, -0.05) is 98.6 Å². The standard InChI is InChI=1S/C29H26Cl2N4O3.C29H27ClN4O3/c1-29(20-6-2-3-7-20)15-19-14-23(25(30)26(31)24(19)27(29)36)37-16-17-5-4-8-22(13-17)38-21-11-9-18(10-12-21)28-32-34-35-33-28;1-29(21-6-2-3-7-21)16-20-14-26(25(30)15-24(20)27(29)35)36-17-18-5-4-8-23(13-18)37-22-11-9-19(10-12-22)28-31-33-34-32-28/h4-5,8-14,20H,2-3,6-7,15-16H2,1H3,(H,32,33,34,35);4-5,8-15,21H,2-3,6-7,16-17H2,1H3,(H,31,32,33,34). The summed E-state index contributed by atoms with van der Waals surface area (Å²) in [6.07, 6.45) is 10.7. The van der Waals surface area contributed by atoms with E-state index in [0.717, 1.165) is 71.0 Å². The highest BCUT2D eigenvalue weighted by Crippen LogP contribution is 2.53. The summed E-state index contributed by atoms with van der Waals surface area (Å²) in [5.74, 6) is 6.09. The molecule has 2 N–H and O–H groups in total. The first-order valence-electron chi connectivity index (χ1n) is 25.3. The first-order chi connectivity index (χ1) is 36.4. The highest BCUT2D eigenvalue weighted by atomic mass is 35.5. The second-order valence-electron chi connectivity index (χ2n) is 20.4. The Morgan fingerprint density at radius 2 is 1.03 bits per heavy atom. The quantitative estimate of drug-likeness (QED) is 0.105. The normalized spacial score (nSPS) is 19.2. The number of carbonyl (C=O) groups is 2. The van der Waals surface area contributed by atoms with Gasteiger partial charge in [-0.3, -0.25) is 9.59 Å². The number of Topliss-reactive ketones (excluding diaryl/α,β-unsaturated/α-hetero) is 2. The van der Waals surface area contributed by atoms with E-state index < -0.39 is 5.41 Å². The van der Waals surface area contributed by atoms with Crippen LogP contribution in [0.5, 0.6) is 34.5 Å². The summed E-state index contributed by atoms with van der Waals surface area (Å²) in [5, 5.41) is 29.0. The lowest BCUT2D eigenvalue weighted by atomic mass is 9.73. The third-order valence-electron chi connectivity index (χ3n) is 15.5. The van der Waals surface area contributed by atoms with Gasteiger partial charge in [0.05, 0.1) is 10.0 Å². The number of aromatic amines is 2. The first kappa shape index (κ1) is 50.0. The Labute approximate surface area is 448 Å². The van der Waals surface area contributed by atoms with Crippen LogP contribution in [-0.2, 0) is 26.1 Å². The molecule has 8 aromatic rings. The van der Waals surface area contributed by atoms with Crippen molar-refractivity contribution >= 4 is 46.4 Å². The third kappa shape index (κ3) is 10.4. The van der Waals surface area contributed by atoms with Gasteiger partial charge in [-0.2, -0.15) is 10.4 Å². The SMILES string of the molecule is CC1(C2CCCC2)Cc2cc(OCc3cccc(Oc4ccc(-c5nn[nH]n5)cc4)c3)c(Cl)c(Cl)c2C1=O.CC1(C2CCCC2)Cc2cc(OCc3cccc(Oc4ccc(-c5nn[nH]n5)cc4)c3)c(Cl)cc2C1=O. The van der Waals surface area contributed by atoms with Gasteiger partial charge in [0.2, 0.25) is 11.6 Å². The zero-order valence-electron chi connectivity index (χ0n) is 41.4. The number of halogens is 3. The molecule has 14 nitrogen and oxygen atoms in total. The summed E-state index contributed by atoms with van der Waals surface area (Å²) in [4.78, 5) is 26.7. The molecule has 2 heterocycles. The summed E-state index contributed by atoms with van der Waals surface area (Å²) < 4.78 is 24.3. The summed E-state index contributed by atoms with van der Waals surface area (Å²) in [6, 6.07) is 36.0. The van der Waals surface area contributed by atoms with Crippen LogP contribution >= 0.6 is 34.8 Å². The fraction of sp³-hybridized carbons (Fsp3) is 0.310. The number of nitrogens with one attached hydrogen (secondary N) is 2. The summed E-state index contributed by atoms with van der Waals surface area (Å²) in [7, 11) is 0. The van der Waals surface area contributed by atoms with Gasteiger partial charge in [-0.15, -0.1) is 20.4 Å². The van der Waals surface area contributed by atoms with Gasteiger partial charge < -0.3 is 18.9 Å². The summed E-state index contributed by atoms with van der Waals surface area (Å²) in [6.45, 7) is 4.82. The highest BCUT2D eigenvalue weighted by molar-refractivity contribution is 6.45. The second-order valence-corrected chi connectivity index (χ2v) is 21.5. The largest absolute Gasteiger partial charge is 0.487 e. The van der Waals surface area contributed by atoms with Gasteiger partial charge in [0.1, 0.15) is 52.7 Å². The molecule has 0 aliphatic heterocycles. The number of H-pyrrole nitrogens is 2. The molecular formula is C58H53Cl3N8O6. The number of carbonyl (C=O) groups excluding carboxylic acids is 2. The topological polar surface area (TPSA) is 180 Å². The molecule has 2 aromatic heterocycles. The number of tetrazole rings is 2. The molecule has 4 aliphatic rings. The van der Waals surface area contributed by atoms with Crippen LogP contribution in [0.4, 0.5) is 0 Å². The van der Waals surface area contributed by atoms with E-state index in [0.29, 0.717) is 86.6 Å². The van der Waals surface area contributed by atoms with Crippen LogP contribution in [-0.4, -0.2) is 52.8 Å². The van der Waals surface area contributed by atoms with E-state index in [4.69, 9.17) is 53.8 Å². The minimum absolute atomic E-state index is 0.119. The predicted octanol–water partition coefficient (Wildman–Crippen LogP) is 14.3. The fourth-order valence-electron chi connectivity index (χ4n) is 11.4. The van der Waals surface area contributed by atoms with E-state index in [9.17, 15) is 9.59 Å². The van der Waals surface area contributed by atoms with Crippen molar-refractivity contribution < 1.29 is 28.5 Å². The summed E-state index contributed by atoms with van der Waals surface area (Å²) in [5.41, 5.74) is 6.09. The zero-order valence-corrected chi connectivity index (χ0v) is 43.6. The molecule has 0 bridgehead atoms. The van der Waals surface area contributed by atoms with Crippen LogP contribution in [0, 0.1) is 22.7 Å². The Morgan fingerprint density at radius 1 is 0.547 bits per heavy atom. The molecule has 4 aliphatic carbocycles. The van der Waals surface area contributed by atoms with Gasteiger partial charge in [0, 0.05) is 33.1 Å². The molecule has 0 amide bonds. The number of fused-ring (bicyclic) bond motifs is 2. The van der Waals surface area contributed by atoms with Crippen molar-refractivity contribution in [2.24, 2.45) is 22.7 Å². The molecule has 2 atom stereocenters. The molecular weight excluding hydrogens is 1010 g/mol. The highest BCUT2D eigenvalue weighted by Gasteiger charge is 2.50. The maximum Gasteiger partial charge on any atom is 0.204 e. The van der Waals surface area contributed by atoms with E-state index in [-0.39, 0.29) is 28.6 Å². The molecule has 2 fully saturated rings. The van der Waals surface area contributed by atoms with Gasteiger partial charge >= 0.3 is 0 Å². The van der Waals surface area contributed by atoms with E-state index in [1.54, 1.807) is 6.07 Å². The van der Waals surface area contributed by atoms with Gasteiger partial charge in [0.15, 0.2) is 11.6 Å². The van der Waals surface area contributed by atoms with E-state index in [2.05, 4.69) is 55.1 Å².